The first kappa shape index (κ1) is 45.5. The Morgan fingerprint density at radius 2 is 1.17 bits per heavy atom. The maximum absolute atomic E-state index is 12.8. The number of carbonyl (C=O) groups is 3. The van der Waals surface area contributed by atoms with Gasteiger partial charge < -0.3 is 44.2 Å². The van der Waals surface area contributed by atoms with Gasteiger partial charge >= 0.3 is 11.9 Å². The Balaban J connectivity index is 0.000000238. The summed E-state index contributed by atoms with van der Waals surface area (Å²) < 4.78 is 21.2. The van der Waals surface area contributed by atoms with Gasteiger partial charge in [0.2, 0.25) is 0 Å². The van der Waals surface area contributed by atoms with E-state index in [4.69, 9.17) is 24.1 Å². The van der Waals surface area contributed by atoms with Crippen LogP contribution in [0, 0.1) is 21.7 Å². The summed E-state index contributed by atoms with van der Waals surface area (Å²) in [6.45, 7) is 6.88. The second-order valence-corrected chi connectivity index (χ2v) is 15.6. The summed E-state index contributed by atoms with van der Waals surface area (Å²) in [4.78, 5) is 37.7. The molecule has 0 radical (unpaired) electrons. The lowest BCUT2D eigenvalue weighted by atomic mass is 9.68. The van der Waals surface area contributed by atoms with Crippen LogP contribution in [0.2, 0.25) is 0 Å². The van der Waals surface area contributed by atoms with Gasteiger partial charge in [0, 0.05) is 31.6 Å². The highest BCUT2D eigenvalue weighted by Crippen LogP contribution is 2.44. The molecule has 4 aliphatic rings. The summed E-state index contributed by atoms with van der Waals surface area (Å²) in [5, 5.41) is 22.2. The van der Waals surface area contributed by atoms with Crippen molar-refractivity contribution in [1.82, 2.24) is 10.2 Å². The lowest BCUT2D eigenvalue weighted by molar-refractivity contribution is -0.166. The number of ether oxygens (including phenoxy) is 4. The number of piperidine rings is 2. The van der Waals surface area contributed by atoms with Gasteiger partial charge in [-0.05, 0) is 88.7 Å². The number of aliphatic hydroxyl groups excluding tert-OH is 2. The van der Waals surface area contributed by atoms with Crippen LogP contribution in [0.15, 0.2) is 60.7 Å². The van der Waals surface area contributed by atoms with Crippen LogP contribution in [0.4, 0.5) is 0 Å². The summed E-state index contributed by atoms with van der Waals surface area (Å²) in [6, 6.07) is 19.3. The Kier molecular flexibility index (Phi) is 19.0. The van der Waals surface area contributed by atoms with Crippen molar-refractivity contribution in [2.45, 2.75) is 77.4 Å². The molecule has 0 unspecified atom stereocenters. The van der Waals surface area contributed by atoms with Gasteiger partial charge in [-0.15, -0.1) is 12.4 Å². The van der Waals surface area contributed by atoms with Gasteiger partial charge in [-0.2, -0.15) is 0 Å². The first-order valence-corrected chi connectivity index (χ1v) is 19.2. The van der Waals surface area contributed by atoms with Gasteiger partial charge in [0.1, 0.15) is 24.9 Å². The zero-order valence-corrected chi connectivity index (χ0v) is 33.1. The Bertz CT molecular complexity index is 1370. The molecule has 12 heteroatoms. The SMILES string of the molecule is COCC1(CO)CCN(CC2(C(=O)OCc3ccccc3)CCC2)CC1.COCC1(CO)CCNCC1.Cl.O=CC1(C(=O)OCc2ccccc2)CCC1. The van der Waals surface area contributed by atoms with Gasteiger partial charge in [-0.1, -0.05) is 73.5 Å². The number of hydrogen-bond acceptors (Lipinski definition) is 11. The molecule has 2 aliphatic carbocycles. The third-order valence-corrected chi connectivity index (χ3v) is 11.7. The van der Waals surface area contributed by atoms with E-state index in [1.165, 1.54) is 0 Å². The second-order valence-electron chi connectivity index (χ2n) is 15.6. The Morgan fingerprint density at radius 1 is 0.704 bits per heavy atom. The van der Waals surface area contributed by atoms with E-state index in [-0.39, 0.29) is 60.4 Å². The van der Waals surface area contributed by atoms with Gasteiger partial charge in [0.05, 0.1) is 31.8 Å². The van der Waals surface area contributed by atoms with E-state index >= 15 is 0 Å². The number of carbonyl (C=O) groups excluding carboxylic acids is 3. The fraction of sp³-hybridized carbons (Fsp3) is 0.643. The van der Waals surface area contributed by atoms with Crippen molar-refractivity contribution in [3.8, 4) is 0 Å². The molecule has 2 aliphatic heterocycles. The largest absolute Gasteiger partial charge is 0.460 e. The molecule has 0 amide bonds. The Labute approximate surface area is 327 Å². The Morgan fingerprint density at radius 3 is 1.56 bits per heavy atom. The topological polar surface area (TPSA) is 144 Å². The molecule has 4 fully saturated rings. The van der Waals surface area contributed by atoms with Crippen molar-refractivity contribution >= 4 is 30.6 Å². The quantitative estimate of drug-likeness (QED) is 0.126. The average molecular weight is 775 g/mol. The van der Waals surface area contributed by atoms with Crippen LogP contribution >= 0.6 is 12.4 Å². The normalized spacial score (nSPS) is 20.4. The van der Waals surface area contributed by atoms with Crippen LogP contribution in [0.5, 0.6) is 0 Å². The summed E-state index contributed by atoms with van der Waals surface area (Å²) in [6.07, 6.45) is 9.73. The average Bonchev–Trinajstić information content (AvgIpc) is 3.17. The van der Waals surface area contributed by atoms with Crippen LogP contribution < -0.4 is 5.32 Å². The third-order valence-electron chi connectivity index (χ3n) is 11.7. The molecule has 2 saturated carbocycles. The second kappa shape index (κ2) is 22.6. The number of methoxy groups -OCH3 is 2. The zero-order chi connectivity index (χ0) is 38.0. The maximum Gasteiger partial charge on any atom is 0.319 e. The van der Waals surface area contributed by atoms with Crippen LogP contribution in [0.25, 0.3) is 0 Å². The lowest BCUT2D eigenvalue weighted by Crippen LogP contribution is -2.52. The number of aldehydes is 1. The molecule has 0 spiro atoms. The van der Waals surface area contributed by atoms with Gasteiger partial charge in [-0.25, -0.2) is 0 Å². The molecule has 0 bridgehead atoms. The first-order valence-electron chi connectivity index (χ1n) is 19.2. The highest BCUT2D eigenvalue weighted by molar-refractivity contribution is 5.94. The number of esters is 2. The van der Waals surface area contributed by atoms with Crippen molar-refractivity contribution in [1.29, 1.82) is 0 Å². The molecule has 0 atom stereocenters. The van der Waals surface area contributed by atoms with E-state index < -0.39 is 5.41 Å². The van der Waals surface area contributed by atoms with Gasteiger partial charge in [-0.3, -0.25) is 9.59 Å². The molecule has 2 saturated heterocycles. The van der Waals surface area contributed by atoms with E-state index in [0.717, 1.165) is 102 Å². The fourth-order valence-corrected chi connectivity index (χ4v) is 7.58. The van der Waals surface area contributed by atoms with Gasteiger partial charge in [0.25, 0.3) is 0 Å². The van der Waals surface area contributed by atoms with Crippen LogP contribution in [-0.2, 0) is 46.5 Å². The monoisotopic (exact) mass is 774 g/mol. The summed E-state index contributed by atoms with van der Waals surface area (Å²) >= 11 is 0. The van der Waals surface area contributed by atoms with E-state index in [1.54, 1.807) is 14.2 Å². The fourth-order valence-electron chi connectivity index (χ4n) is 7.58. The first-order chi connectivity index (χ1) is 25.7. The number of rotatable bonds is 15. The molecule has 2 aromatic carbocycles. The zero-order valence-electron chi connectivity index (χ0n) is 32.3. The number of nitrogens with one attached hydrogen (secondary N) is 1. The minimum atomic E-state index is -0.839. The van der Waals surface area contributed by atoms with Crippen molar-refractivity contribution < 1.29 is 43.5 Å². The summed E-state index contributed by atoms with van der Waals surface area (Å²) in [5.41, 5.74) is 0.715. The highest BCUT2D eigenvalue weighted by Gasteiger charge is 2.48. The lowest BCUT2D eigenvalue weighted by Gasteiger charge is -2.46. The predicted octanol–water partition coefficient (Wildman–Crippen LogP) is 5.14. The molecule has 302 valence electrons. The molecule has 3 N–H and O–H groups in total. The van der Waals surface area contributed by atoms with Gasteiger partial charge in [0.15, 0.2) is 0 Å². The number of benzene rings is 2. The third kappa shape index (κ3) is 12.6. The standard InChI is InChI=1S/C21H31NO4.C13H14O3.C8H17NO2.ClH/c1-25-17-20(16-23)10-12-22(13-11-20)15-21(8-5-9-21)19(24)26-14-18-6-3-2-4-7-18;14-10-13(7-4-8-13)12(15)16-9-11-5-2-1-3-6-11;1-11-7-8(6-10)2-4-9-5-3-8;/h2-4,6-7,23H,5,8-17H2,1H3;1-3,5-6,10H,4,7-9H2;9-10H,2-7H2,1H3;1H. The molecular weight excluding hydrogens is 712 g/mol. The van der Waals surface area contributed by atoms with Crippen LogP contribution in [0.3, 0.4) is 0 Å². The minimum absolute atomic E-state index is 0. The minimum Gasteiger partial charge on any atom is -0.460 e. The molecule has 11 nitrogen and oxygen atoms in total. The molecule has 2 aromatic rings. The predicted molar refractivity (Wildman–Crippen MR) is 209 cm³/mol. The van der Waals surface area contributed by atoms with E-state index in [1.807, 2.05) is 60.7 Å². The molecule has 6 rings (SSSR count). The highest BCUT2D eigenvalue weighted by atomic mass is 35.5. The maximum atomic E-state index is 12.8. The number of hydrogen-bond donors (Lipinski definition) is 3. The summed E-state index contributed by atoms with van der Waals surface area (Å²) in [5.74, 6) is -0.430. The van der Waals surface area contributed by atoms with Crippen molar-refractivity contribution in [2.24, 2.45) is 21.7 Å². The number of nitrogens with zero attached hydrogens (tertiary/aromatic N) is 1. The number of likely N-dealkylation sites (tertiary alicyclic amines) is 1. The van der Waals surface area contributed by atoms with Crippen molar-refractivity contribution in [3.05, 3.63) is 71.8 Å². The molecule has 2 heterocycles. The molecular formula is C42H63ClN2O9. The smallest absolute Gasteiger partial charge is 0.319 e. The number of aliphatic hydroxyl groups is 2. The van der Waals surface area contributed by atoms with Crippen LogP contribution in [-0.4, -0.2) is 107 Å². The molecule has 54 heavy (non-hydrogen) atoms. The summed E-state index contributed by atoms with van der Waals surface area (Å²) in [7, 11) is 3.38. The van der Waals surface area contributed by atoms with E-state index in [0.29, 0.717) is 32.7 Å². The van der Waals surface area contributed by atoms with Crippen LogP contribution in [0.1, 0.15) is 75.3 Å². The van der Waals surface area contributed by atoms with E-state index in [2.05, 4.69) is 10.2 Å². The molecule has 0 aromatic heterocycles. The van der Waals surface area contributed by atoms with E-state index in [9.17, 15) is 19.5 Å². The number of halogens is 1. The van der Waals surface area contributed by atoms with Crippen molar-refractivity contribution in [3.63, 3.8) is 0 Å². The Hall–Kier alpha value is -2.90. The van der Waals surface area contributed by atoms with Crippen molar-refractivity contribution in [2.75, 3.05) is 73.4 Å².